The Labute approximate surface area is 142 Å². The highest BCUT2D eigenvalue weighted by Crippen LogP contribution is 2.32. The van der Waals surface area contributed by atoms with Crippen LogP contribution in [0, 0.1) is 24.0 Å². The highest BCUT2D eigenvalue weighted by atomic mass is 16.6. The maximum absolute atomic E-state index is 11.2. The standard InChI is InChI=1S/C18H15N5O2/c1-10-3-4-12(8-16(10)23(24)25)22-15-7-11(2)21-13-5-6-14-18(17(13)15)20-9-19-14/h3-9,21-22H,1-2H3. The number of aromatic amines is 1. The molecule has 0 radical (unpaired) electrons. The van der Waals surface area contributed by atoms with Crippen molar-refractivity contribution in [2.75, 3.05) is 5.32 Å². The summed E-state index contributed by atoms with van der Waals surface area (Å²) < 4.78 is 0. The van der Waals surface area contributed by atoms with Gasteiger partial charge in [0.05, 0.1) is 16.1 Å². The lowest BCUT2D eigenvalue weighted by molar-refractivity contribution is -0.385. The van der Waals surface area contributed by atoms with Crippen LogP contribution in [-0.2, 0) is 0 Å². The van der Waals surface area contributed by atoms with Gasteiger partial charge in [-0.25, -0.2) is 9.97 Å². The van der Waals surface area contributed by atoms with Gasteiger partial charge in [0.1, 0.15) is 11.8 Å². The van der Waals surface area contributed by atoms with E-state index in [-0.39, 0.29) is 10.6 Å². The van der Waals surface area contributed by atoms with E-state index < -0.39 is 0 Å². The molecule has 2 aromatic carbocycles. The van der Waals surface area contributed by atoms with Gasteiger partial charge in [0.25, 0.3) is 5.69 Å². The second kappa shape index (κ2) is 5.55. The molecule has 25 heavy (non-hydrogen) atoms. The number of pyridine rings is 1. The number of rotatable bonds is 3. The van der Waals surface area contributed by atoms with Crippen LogP contribution in [0.1, 0.15) is 11.3 Å². The van der Waals surface area contributed by atoms with E-state index in [1.807, 2.05) is 31.2 Å². The summed E-state index contributed by atoms with van der Waals surface area (Å²) in [5.74, 6) is 0. The van der Waals surface area contributed by atoms with Crippen LogP contribution in [0.5, 0.6) is 0 Å². The first-order valence-corrected chi connectivity index (χ1v) is 7.78. The van der Waals surface area contributed by atoms with Crippen molar-refractivity contribution in [1.82, 2.24) is 15.0 Å². The van der Waals surface area contributed by atoms with Gasteiger partial charge in [-0.3, -0.25) is 10.1 Å². The molecule has 0 fully saturated rings. The summed E-state index contributed by atoms with van der Waals surface area (Å²) in [4.78, 5) is 22.7. The van der Waals surface area contributed by atoms with Crippen LogP contribution in [-0.4, -0.2) is 19.9 Å². The monoisotopic (exact) mass is 333 g/mol. The minimum atomic E-state index is -0.372. The summed E-state index contributed by atoms with van der Waals surface area (Å²) in [6.45, 7) is 3.69. The lowest BCUT2D eigenvalue weighted by Gasteiger charge is -2.12. The van der Waals surface area contributed by atoms with Gasteiger partial charge < -0.3 is 10.3 Å². The lowest BCUT2D eigenvalue weighted by atomic mass is 10.1. The van der Waals surface area contributed by atoms with E-state index in [9.17, 15) is 10.1 Å². The van der Waals surface area contributed by atoms with Crippen LogP contribution in [0.25, 0.3) is 21.9 Å². The fourth-order valence-corrected chi connectivity index (χ4v) is 3.02. The highest BCUT2D eigenvalue weighted by molar-refractivity contribution is 6.10. The third-order valence-corrected chi connectivity index (χ3v) is 4.19. The van der Waals surface area contributed by atoms with E-state index in [0.717, 1.165) is 33.3 Å². The molecular formula is C18H15N5O2. The van der Waals surface area contributed by atoms with Gasteiger partial charge in [-0.05, 0) is 38.1 Å². The number of fused-ring (bicyclic) bond motifs is 3. The Balaban J connectivity index is 1.91. The zero-order valence-electron chi connectivity index (χ0n) is 13.7. The summed E-state index contributed by atoms with van der Waals surface area (Å²) in [5.41, 5.74) is 5.69. The first kappa shape index (κ1) is 15.1. The van der Waals surface area contributed by atoms with E-state index >= 15 is 0 Å². The Morgan fingerprint density at radius 3 is 2.76 bits per heavy atom. The normalized spacial score (nSPS) is 11.1. The van der Waals surface area contributed by atoms with Crippen molar-refractivity contribution in [3.63, 3.8) is 0 Å². The Bertz CT molecular complexity index is 1130. The Kier molecular flexibility index (Phi) is 3.35. The number of anilines is 2. The predicted octanol–water partition coefficient (Wildman–Crippen LogP) is 4.38. The van der Waals surface area contributed by atoms with E-state index in [2.05, 4.69) is 20.3 Å². The fraction of sp³-hybridized carbons (Fsp3) is 0.111. The topological polar surface area (TPSA) is 96.7 Å². The molecule has 2 N–H and O–H groups in total. The van der Waals surface area contributed by atoms with Gasteiger partial charge in [-0.15, -0.1) is 0 Å². The zero-order chi connectivity index (χ0) is 17.6. The summed E-state index contributed by atoms with van der Waals surface area (Å²) in [6, 6.07) is 11.0. The molecule has 2 heterocycles. The van der Waals surface area contributed by atoms with Crippen molar-refractivity contribution in [2.45, 2.75) is 13.8 Å². The fourth-order valence-electron chi connectivity index (χ4n) is 3.02. The second-order valence-electron chi connectivity index (χ2n) is 5.98. The summed E-state index contributed by atoms with van der Waals surface area (Å²) in [7, 11) is 0. The molecule has 0 unspecified atom stereocenters. The van der Waals surface area contributed by atoms with Crippen LogP contribution in [0.15, 0.2) is 42.7 Å². The number of imidazole rings is 1. The van der Waals surface area contributed by atoms with Crippen LogP contribution >= 0.6 is 0 Å². The number of nitro groups is 1. The molecule has 7 nitrogen and oxygen atoms in total. The number of aryl methyl sites for hydroxylation is 2. The molecule has 2 aromatic heterocycles. The number of H-pyrrole nitrogens is 1. The van der Waals surface area contributed by atoms with Crippen molar-refractivity contribution in [3.8, 4) is 0 Å². The zero-order valence-corrected chi connectivity index (χ0v) is 13.7. The van der Waals surface area contributed by atoms with Crippen LogP contribution in [0.3, 0.4) is 0 Å². The summed E-state index contributed by atoms with van der Waals surface area (Å²) in [6.07, 6.45) is 1.53. The third-order valence-electron chi connectivity index (χ3n) is 4.19. The molecular weight excluding hydrogens is 318 g/mol. The highest BCUT2D eigenvalue weighted by Gasteiger charge is 2.14. The number of nitrogens with zero attached hydrogens (tertiary/aromatic N) is 3. The quantitative estimate of drug-likeness (QED) is 0.428. The number of benzene rings is 2. The summed E-state index contributed by atoms with van der Waals surface area (Å²) in [5, 5.41) is 15.4. The van der Waals surface area contributed by atoms with Gasteiger partial charge in [0.2, 0.25) is 0 Å². The van der Waals surface area contributed by atoms with Crippen LogP contribution in [0.2, 0.25) is 0 Å². The first-order chi connectivity index (χ1) is 12.0. The van der Waals surface area contributed by atoms with E-state index in [4.69, 9.17) is 0 Å². The molecule has 0 aliphatic carbocycles. The predicted molar refractivity (Wildman–Crippen MR) is 97.2 cm³/mol. The first-order valence-electron chi connectivity index (χ1n) is 7.78. The Hall–Kier alpha value is -3.48. The molecule has 124 valence electrons. The minimum Gasteiger partial charge on any atom is -0.358 e. The maximum Gasteiger partial charge on any atom is 0.274 e. The molecule has 4 aromatic rings. The van der Waals surface area contributed by atoms with Crippen LogP contribution < -0.4 is 5.32 Å². The van der Waals surface area contributed by atoms with Crippen molar-refractivity contribution >= 4 is 39.0 Å². The van der Waals surface area contributed by atoms with Crippen LogP contribution in [0.4, 0.5) is 17.1 Å². The van der Waals surface area contributed by atoms with Gasteiger partial charge in [0, 0.05) is 33.9 Å². The number of nitrogens with one attached hydrogen (secondary N) is 2. The van der Waals surface area contributed by atoms with Crippen molar-refractivity contribution < 1.29 is 4.92 Å². The number of nitro benzene ring substituents is 1. The van der Waals surface area contributed by atoms with Gasteiger partial charge >= 0.3 is 0 Å². The van der Waals surface area contributed by atoms with E-state index in [1.54, 1.807) is 19.1 Å². The van der Waals surface area contributed by atoms with Crippen molar-refractivity contribution in [2.24, 2.45) is 0 Å². The largest absolute Gasteiger partial charge is 0.358 e. The molecule has 7 heteroatoms. The second-order valence-corrected chi connectivity index (χ2v) is 5.98. The minimum absolute atomic E-state index is 0.0896. The molecule has 0 saturated carbocycles. The average Bonchev–Trinajstić information content (AvgIpc) is 3.04. The van der Waals surface area contributed by atoms with E-state index in [1.165, 1.54) is 6.33 Å². The Morgan fingerprint density at radius 1 is 1.12 bits per heavy atom. The molecule has 0 saturated heterocycles. The SMILES string of the molecule is Cc1cc(Nc2ccc(C)c([N+](=O)[O-])c2)c2c(ccc3ncnc32)[nH]1. The molecule has 4 rings (SSSR count). The number of hydrogen-bond donors (Lipinski definition) is 2. The van der Waals surface area contributed by atoms with Gasteiger partial charge in [-0.2, -0.15) is 0 Å². The molecule has 0 aliphatic heterocycles. The number of aromatic nitrogens is 3. The molecule has 0 bridgehead atoms. The van der Waals surface area contributed by atoms with Gasteiger partial charge in [-0.1, -0.05) is 6.07 Å². The average molecular weight is 333 g/mol. The van der Waals surface area contributed by atoms with Crippen molar-refractivity contribution in [3.05, 3.63) is 64.1 Å². The summed E-state index contributed by atoms with van der Waals surface area (Å²) >= 11 is 0. The maximum atomic E-state index is 11.2. The Morgan fingerprint density at radius 2 is 1.96 bits per heavy atom. The molecule has 0 aliphatic rings. The lowest BCUT2D eigenvalue weighted by Crippen LogP contribution is -1.98. The van der Waals surface area contributed by atoms with E-state index in [0.29, 0.717) is 11.3 Å². The van der Waals surface area contributed by atoms with Crippen molar-refractivity contribution in [1.29, 1.82) is 0 Å². The molecule has 0 spiro atoms. The molecule has 0 atom stereocenters. The smallest absolute Gasteiger partial charge is 0.274 e. The third kappa shape index (κ3) is 2.55. The van der Waals surface area contributed by atoms with Gasteiger partial charge in [0.15, 0.2) is 0 Å². The molecule has 0 amide bonds. The number of hydrogen-bond acceptors (Lipinski definition) is 5.